The molecule has 1 N–H and O–H groups in total. The Morgan fingerprint density at radius 3 is 2.92 bits per heavy atom. The lowest BCUT2D eigenvalue weighted by Gasteiger charge is -2.42. The number of methoxy groups -OCH3 is 1. The van der Waals surface area contributed by atoms with Gasteiger partial charge in [0.05, 0.1) is 11.7 Å². The van der Waals surface area contributed by atoms with Gasteiger partial charge in [-0.25, -0.2) is 0 Å². The number of aliphatic hydroxyl groups excluding tert-OH is 1. The highest BCUT2D eigenvalue weighted by Crippen LogP contribution is 2.43. The molecule has 0 amide bonds. The molecule has 1 saturated heterocycles. The lowest BCUT2D eigenvalue weighted by Crippen LogP contribution is -2.51. The molecule has 0 spiro atoms. The number of benzene rings is 1. The van der Waals surface area contributed by atoms with Gasteiger partial charge in [-0.2, -0.15) is 0 Å². The predicted octanol–water partition coefficient (Wildman–Crippen LogP) is 3.76. The van der Waals surface area contributed by atoms with Crippen molar-refractivity contribution in [3.63, 3.8) is 0 Å². The van der Waals surface area contributed by atoms with Crippen molar-refractivity contribution < 1.29 is 14.3 Å². The van der Waals surface area contributed by atoms with Gasteiger partial charge in [-0.15, -0.1) is 0 Å². The first-order valence-electron chi connectivity index (χ1n) is 9.23. The van der Waals surface area contributed by atoms with Gasteiger partial charge in [-0.1, -0.05) is 18.2 Å². The van der Waals surface area contributed by atoms with Crippen LogP contribution in [0.1, 0.15) is 37.0 Å². The number of aliphatic hydroxyl groups is 1. The Morgan fingerprint density at radius 2 is 2.16 bits per heavy atom. The van der Waals surface area contributed by atoms with Crippen LogP contribution in [0.3, 0.4) is 0 Å². The van der Waals surface area contributed by atoms with E-state index in [0.717, 1.165) is 55.9 Å². The summed E-state index contributed by atoms with van der Waals surface area (Å²) in [5.41, 5.74) is 2.32. The van der Waals surface area contributed by atoms with Gasteiger partial charge in [-0.05, 0) is 56.4 Å². The molecular formula is C21H27NO3. The summed E-state index contributed by atoms with van der Waals surface area (Å²) in [5, 5.41) is 10.2. The van der Waals surface area contributed by atoms with Gasteiger partial charge < -0.3 is 14.3 Å². The molecule has 134 valence electrons. The maximum Gasteiger partial charge on any atom is 0.134 e. The standard InChI is InChI=1S/C21H27NO3/c1-15-6-7-19(25-15)17-5-3-4-16(12-17)14-22-11-10-21(24-2)9-8-18(23)13-20(21)22/h3-7,12,18,20,23H,8-11,13-14H2,1-2H3/t18-,20+,21-/m1/s1. The van der Waals surface area contributed by atoms with Crippen LogP contribution in [0.5, 0.6) is 0 Å². The molecule has 3 atom stereocenters. The zero-order chi connectivity index (χ0) is 17.4. The Labute approximate surface area is 149 Å². The third-order valence-electron chi connectivity index (χ3n) is 6.01. The van der Waals surface area contributed by atoms with Crippen molar-refractivity contribution in [3.8, 4) is 11.3 Å². The lowest BCUT2D eigenvalue weighted by molar-refractivity contribution is -0.0879. The molecule has 2 aliphatic rings. The van der Waals surface area contributed by atoms with Crippen molar-refractivity contribution in [2.75, 3.05) is 13.7 Å². The van der Waals surface area contributed by atoms with E-state index in [4.69, 9.17) is 9.15 Å². The summed E-state index contributed by atoms with van der Waals surface area (Å²) in [4.78, 5) is 2.48. The third kappa shape index (κ3) is 3.14. The van der Waals surface area contributed by atoms with Gasteiger partial charge >= 0.3 is 0 Å². The van der Waals surface area contributed by atoms with E-state index in [1.807, 2.05) is 26.2 Å². The minimum Gasteiger partial charge on any atom is -0.461 e. The lowest BCUT2D eigenvalue weighted by atomic mass is 9.79. The summed E-state index contributed by atoms with van der Waals surface area (Å²) in [6.45, 7) is 3.88. The summed E-state index contributed by atoms with van der Waals surface area (Å²) in [7, 11) is 1.83. The Balaban J connectivity index is 1.54. The van der Waals surface area contributed by atoms with E-state index in [2.05, 4.69) is 29.2 Å². The summed E-state index contributed by atoms with van der Waals surface area (Å²) >= 11 is 0. The number of fused-ring (bicyclic) bond motifs is 1. The minimum atomic E-state index is -0.202. The number of likely N-dealkylation sites (tertiary alicyclic amines) is 1. The van der Waals surface area contributed by atoms with Crippen LogP contribution in [0.25, 0.3) is 11.3 Å². The van der Waals surface area contributed by atoms with Crippen LogP contribution in [0.15, 0.2) is 40.8 Å². The minimum absolute atomic E-state index is 0.0744. The molecule has 0 bridgehead atoms. The Hall–Kier alpha value is -1.62. The number of nitrogens with zero attached hydrogens (tertiary/aromatic N) is 1. The molecular weight excluding hydrogens is 314 g/mol. The first kappa shape index (κ1) is 16.8. The fourth-order valence-electron chi connectivity index (χ4n) is 4.61. The zero-order valence-electron chi connectivity index (χ0n) is 15.1. The van der Waals surface area contributed by atoms with Crippen LogP contribution in [0.4, 0.5) is 0 Å². The Morgan fingerprint density at radius 1 is 1.28 bits per heavy atom. The van der Waals surface area contributed by atoms with Gasteiger partial charge in [0.1, 0.15) is 11.5 Å². The summed E-state index contributed by atoms with van der Waals surface area (Å²) in [6, 6.07) is 12.9. The van der Waals surface area contributed by atoms with Crippen molar-refractivity contribution in [2.45, 2.75) is 56.9 Å². The molecule has 1 aromatic heterocycles. The molecule has 1 aliphatic carbocycles. The number of aryl methyl sites for hydroxylation is 1. The van der Waals surface area contributed by atoms with E-state index in [9.17, 15) is 5.11 Å². The van der Waals surface area contributed by atoms with Crippen LogP contribution in [-0.2, 0) is 11.3 Å². The SMILES string of the molecule is CO[C@@]12CC[C@@H](O)C[C@@H]1N(Cc1cccc(-c3ccc(C)o3)c1)CC2. The van der Waals surface area contributed by atoms with Gasteiger partial charge in [0, 0.05) is 31.8 Å². The van der Waals surface area contributed by atoms with Crippen molar-refractivity contribution in [1.82, 2.24) is 4.90 Å². The number of hydrogen-bond donors (Lipinski definition) is 1. The van der Waals surface area contributed by atoms with E-state index in [0.29, 0.717) is 6.04 Å². The van der Waals surface area contributed by atoms with Gasteiger partial charge in [0.25, 0.3) is 0 Å². The zero-order valence-corrected chi connectivity index (χ0v) is 15.1. The van der Waals surface area contributed by atoms with Crippen molar-refractivity contribution in [3.05, 3.63) is 47.7 Å². The highest BCUT2D eigenvalue weighted by atomic mass is 16.5. The average molecular weight is 341 g/mol. The predicted molar refractivity (Wildman–Crippen MR) is 97.3 cm³/mol. The second-order valence-electron chi connectivity index (χ2n) is 7.54. The molecule has 25 heavy (non-hydrogen) atoms. The molecule has 0 unspecified atom stereocenters. The second kappa shape index (κ2) is 6.60. The molecule has 2 aromatic rings. The number of rotatable bonds is 4. The Kier molecular flexibility index (Phi) is 4.44. The van der Waals surface area contributed by atoms with Crippen LogP contribution in [0.2, 0.25) is 0 Å². The van der Waals surface area contributed by atoms with E-state index in [1.54, 1.807) is 0 Å². The largest absolute Gasteiger partial charge is 0.461 e. The maximum absolute atomic E-state index is 10.2. The van der Waals surface area contributed by atoms with Crippen molar-refractivity contribution in [1.29, 1.82) is 0 Å². The molecule has 4 rings (SSSR count). The van der Waals surface area contributed by atoms with Crippen LogP contribution in [-0.4, -0.2) is 41.4 Å². The second-order valence-corrected chi connectivity index (χ2v) is 7.54. The van der Waals surface area contributed by atoms with Crippen molar-refractivity contribution >= 4 is 0 Å². The fourth-order valence-corrected chi connectivity index (χ4v) is 4.61. The fraction of sp³-hybridized carbons (Fsp3) is 0.524. The van der Waals surface area contributed by atoms with Crippen LogP contribution < -0.4 is 0 Å². The van der Waals surface area contributed by atoms with E-state index < -0.39 is 0 Å². The van der Waals surface area contributed by atoms with Gasteiger partial charge in [-0.3, -0.25) is 4.90 Å². The number of ether oxygens (including phenoxy) is 1. The molecule has 4 nitrogen and oxygen atoms in total. The maximum atomic E-state index is 10.2. The number of furan rings is 1. The molecule has 1 aromatic carbocycles. The summed E-state index contributed by atoms with van der Waals surface area (Å²) in [6.07, 6.45) is 3.47. The van der Waals surface area contributed by atoms with E-state index in [-0.39, 0.29) is 11.7 Å². The smallest absolute Gasteiger partial charge is 0.134 e. The quantitative estimate of drug-likeness (QED) is 0.920. The average Bonchev–Trinajstić information content (AvgIpc) is 3.20. The normalized spacial score (nSPS) is 29.7. The monoisotopic (exact) mass is 341 g/mol. The van der Waals surface area contributed by atoms with Crippen molar-refractivity contribution in [2.24, 2.45) is 0 Å². The molecule has 0 radical (unpaired) electrons. The summed E-state index contributed by atoms with van der Waals surface area (Å²) in [5.74, 6) is 1.85. The van der Waals surface area contributed by atoms with E-state index in [1.165, 1.54) is 5.56 Å². The Bertz CT molecular complexity index is 740. The first-order valence-corrected chi connectivity index (χ1v) is 9.23. The van der Waals surface area contributed by atoms with Gasteiger partial charge in [0.15, 0.2) is 0 Å². The molecule has 2 fully saturated rings. The molecule has 1 saturated carbocycles. The topological polar surface area (TPSA) is 45.8 Å². The summed E-state index contributed by atoms with van der Waals surface area (Å²) < 4.78 is 11.7. The highest BCUT2D eigenvalue weighted by molar-refractivity contribution is 5.58. The molecule has 1 aliphatic heterocycles. The number of hydrogen-bond acceptors (Lipinski definition) is 4. The third-order valence-corrected chi connectivity index (χ3v) is 6.01. The van der Waals surface area contributed by atoms with Crippen LogP contribution in [0, 0.1) is 6.92 Å². The van der Waals surface area contributed by atoms with Gasteiger partial charge in [0.2, 0.25) is 0 Å². The molecule has 2 heterocycles. The molecule has 4 heteroatoms. The van der Waals surface area contributed by atoms with E-state index >= 15 is 0 Å². The van der Waals surface area contributed by atoms with Crippen LogP contribution >= 0.6 is 0 Å². The highest BCUT2D eigenvalue weighted by Gasteiger charge is 2.50. The first-order chi connectivity index (χ1) is 12.1.